The quantitative estimate of drug-likeness (QED) is 0.161. The molecule has 1 aromatic heterocycles. The lowest BCUT2D eigenvalue weighted by Gasteiger charge is -2.28. The standard InChI is InChI=1S/C14H32N8O3Si/c1-4-23-26(24-5-2,25-6-3)9-7-8-17-12-20-13(18-10-15)22-14(21-12)19-11-16/h4-11,15-16H2,1-3H3,(H3,17,18,19,20,21,22). The number of nitrogens with two attached hydrogens (primary N) is 2. The lowest BCUT2D eigenvalue weighted by molar-refractivity contribution is 0.0710. The van der Waals surface area contributed by atoms with Gasteiger partial charge in [0.05, 0.1) is 13.3 Å². The van der Waals surface area contributed by atoms with Gasteiger partial charge in [0, 0.05) is 32.4 Å². The Kier molecular flexibility index (Phi) is 11.0. The first kappa shape index (κ1) is 22.5. The molecular weight excluding hydrogens is 356 g/mol. The lowest BCUT2D eigenvalue weighted by Crippen LogP contribution is -2.46. The third-order valence-corrected chi connectivity index (χ3v) is 6.34. The minimum atomic E-state index is -2.63. The predicted octanol–water partition coefficient (Wildman–Crippen LogP) is 0.378. The van der Waals surface area contributed by atoms with Crippen molar-refractivity contribution in [2.75, 3.05) is 55.7 Å². The van der Waals surface area contributed by atoms with Crippen LogP contribution in [0, 0.1) is 0 Å². The monoisotopic (exact) mass is 388 g/mol. The number of hydrogen-bond donors (Lipinski definition) is 5. The van der Waals surface area contributed by atoms with E-state index in [-0.39, 0.29) is 13.3 Å². The van der Waals surface area contributed by atoms with Crippen LogP contribution in [0.15, 0.2) is 0 Å². The van der Waals surface area contributed by atoms with Crippen LogP contribution >= 0.6 is 0 Å². The molecule has 0 aromatic carbocycles. The van der Waals surface area contributed by atoms with Gasteiger partial charge in [0.2, 0.25) is 17.8 Å². The molecule has 26 heavy (non-hydrogen) atoms. The van der Waals surface area contributed by atoms with Crippen LogP contribution in [-0.2, 0) is 13.3 Å². The van der Waals surface area contributed by atoms with E-state index >= 15 is 0 Å². The van der Waals surface area contributed by atoms with Crippen molar-refractivity contribution in [1.82, 2.24) is 15.0 Å². The minimum absolute atomic E-state index is 0.219. The molecule has 1 aromatic rings. The zero-order valence-electron chi connectivity index (χ0n) is 15.9. The van der Waals surface area contributed by atoms with Crippen molar-refractivity contribution >= 4 is 26.6 Å². The number of aromatic nitrogens is 3. The third-order valence-electron chi connectivity index (χ3n) is 3.19. The average molecular weight is 389 g/mol. The van der Waals surface area contributed by atoms with Crippen LogP contribution in [0.2, 0.25) is 6.04 Å². The van der Waals surface area contributed by atoms with Gasteiger partial charge in [0.15, 0.2) is 0 Å². The predicted molar refractivity (Wildman–Crippen MR) is 104 cm³/mol. The van der Waals surface area contributed by atoms with Crippen molar-refractivity contribution in [2.24, 2.45) is 11.5 Å². The Balaban J connectivity index is 2.64. The Labute approximate surface area is 156 Å². The summed E-state index contributed by atoms with van der Waals surface area (Å²) in [5.41, 5.74) is 11.0. The van der Waals surface area contributed by atoms with Gasteiger partial charge in [-0.2, -0.15) is 15.0 Å². The van der Waals surface area contributed by atoms with Crippen LogP contribution in [0.1, 0.15) is 27.2 Å². The molecule has 0 amide bonds. The van der Waals surface area contributed by atoms with Crippen LogP contribution < -0.4 is 27.4 Å². The molecule has 11 nitrogen and oxygen atoms in total. The molecule has 1 heterocycles. The van der Waals surface area contributed by atoms with Crippen molar-refractivity contribution in [3.05, 3.63) is 0 Å². The van der Waals surface area contributed by atoms with E-state index in [0.29, 0.717) is 50.3 Å². The molecule has 0 atom stereocenters. The van der Waals surface area contributed by atoms with Crippen molar-refractivity contribution in [3.63, 3.8) is 0 Å². The number of hydrogen-bond acceptors (Lipinski definition) is 11. The van der Waals surface area contributed by atoms with Gasteiger partial charge in [-0.05, 0) is 27.2 Å². The van der Waals surface area contributed by atoms with Gasteiger partial charge in [-0.1, -0.05) is 0 Å². The summed E-state index contributed by atoms with van der Waals surface area (Å²) >= 11 is 0. The molecule has 12 heteroatoms. The van der Waals surface area contributed by atoms with E-state index in [1.807, 2.05) is 20.8 Å². The maximum Gasteiger partial charge on any atom is 0.500 e. The van der Waals surface area contributed by atoms with Crippen molar-refractivity contribution in [2.45, 2.75) is 33.2 Å². The van der Waals surface area contributed by atoms with Gasteiger partial charge >= 0.3 is 8.80 Å². The second-order valence-electron chi connectivity index (χ2n) is 5.08. The van der Waals surface area contributed by atoms with Crippen LogP contribution in [0.4, 0.5) is 17.8 Å². The highest BCUT2D eigenvalue weighted by atomic mass is 28.4. The van der Waals surface area contributed by atoms with Crippen molar-refractivity contribution in [1.29, 1.82) is 0 Å². The van der Waals surface area contributed by atoms with Crippen LogP contribution in [0.25, 0.3) is 0 Å². The van der Waals surface area contributed by atoms with Gasteiger partial charge in [0.1, 0.15) is 0 Å². The molecule has 0 bridgehead atoms. The summed E-state index contributed by atoms with van der Waals surface area (Å²) < 4.78 is 17.5. The van der Waals surface area contributed by atoms with E-state index < -0.39 is 8.80 Å². The number of nitrogens with one attached hydrogen (secondary N) is 3. The highest BCUT2D eigenvalue weighted by molar-refractivity contribution is 6.60. The molecule has 0 spiro atoms. The Bertz CT molecular complexity index is 470. The summed E-state index contributed by atoms with van der Waals surface area (Å²) in [6.45, 7) is 8.60. The maximum atomic E-state index is 5.84. The molecule has 1 rings (SSSR count). The second kappa shape index (κ2) is 12.7. The summed E-state index contributed by atoms with van der Waals surface area (Å²) in [4.78, 5) is 12.7. The molecule has 0 aliphatic rings. The van der Waals surface area contributed by atoms with Crippen LogP contribution in [0.5, 0.6) is 0 Å². The number of nitrogens with zero attached hydrogens (tertiary/aromatic N) is 3. The van der Waals surface area contributed by atoms with Crippen molar-refractivity contribution < 1.29 is 13.3 Å². The lowest BCUT2D eigenvalue weighted by atomic mass is 10.5. The summed E-state index contributed by atoms with van der Waals surface area (Å²) in [5.74, 6) is 1.19. The molecule has 150 valence electrons. The van der Waals surface area contributed by atoms with Crippen LogP contribution in [-0.4, -0.2) is 63.5 Å². The molecule has 0 aliphatic heterocycles. The topological polar surface area (TPSA) is 154 Å². The van der Waals surface area contributed by atoms with Gasteiger partial charge in [-0.15, -0.1) is 0 Å². The highest BCUT2D eigenvalue weighted by Gasteiger charge is 2.39. The molecular formula is C14H32N8O3Si. The molecule has 0 aliphatic carbocycles. The van der Waals surface area contributed by atoms with E-state index in [1.165, 1.54) is 0 Å². The number of rotatable bonds is 15. The van der Waals surface area contributed by atoms with E-state index in [0.717, 1.165) is 6.42 Å². The fourth-order valence-electron chi connectivity index (χ4n) is 2.30. The zero-order valence-corrected chi connectivity index (χ0v) is 16.9. The first-order valence-corrected chi connectivity index (χ1v) is 10.9. The average Bonchev–Trinajstić information content (AvgIpc) is 2.60. The van der Waals surface area contributed by atoms with Crippen molar-refractivity contribution in [3.8, 4) is 0 Å². The summed E-state index contributed by atoms with van der Waals surface area (Å²) in [7, 11) is -2.63. The first-order chi connectivity index (χ1) is 12.6. The van der Waals surface area contributed by atoms with Gasteiger partial charge in [0.25, 0.3) is 0 Å². The Morgan fingerprint density at radius 2 is 1.19 bits per heavy atom. The Morgan fingerprint density at radius 3 is 1.58 bits per heavy atom. The fraction of sp³-hybridized carbons (Fsp3) is 0.786. The first-order valence-electron chi connectivity index (χ1n) is 8.92. The SMILES string of the molecule is CCO[Si](CCCNc1nc(NCN)nc(NCN)n1)(OCC)OCC. The maximum absolute atomic E-state index is 5.84. The van der Waals surface area contributed by atoms with Crippen LogP contribution in [0.3, 0.4) is 0 Å². The summed E-state index contributed by atoms with van der Waals surface area (Å²) in [6, 6.07) is 0.711. The second-order valence-corrected chi connectivity index (χ2v) is 7.81. The van der Waals surface area contributed by atoms with E-state index in [1.54, 1.807) is 0 Å². The Morgan fingerprint density at radius 1 is 0.769 bits per heavy atom. The third kappa shape index (κ3) is 7.76. The Hall–Kier alpha value is -1.57. The minimum Gasteiger partial charge on any atom is -0.374 e. The fourth-order valence-corrected chi connectivity index (χ4v) is 4.91. The van der Waals surface area contributed by atoms with Gasteiger partial charge in [-0.3, -0.25) is 0 Å². The number of anilines is 3. The smallest absolute Gasteiger partial charge is 0.374 e. The molecule has 7 N–H and O–H groups in total. The summed E-state index contributed by atoms with van der Waals surface area (Å²) in [6.07, 6.45) is 0.789. The van der Waals surface area contributed by atoms with Gasteiger partial charge in [-0.25, -0.2) is 0 Å². The molecule has 0 radical (unpaired) electrons. The highest BCUT2D eigenvalue weighted by Crippen LogP contribution is 2.18. The van der Waals surface area contributed by atoms with Gasteiger partial charge < -0.3 is 40.7 Å². The molecule has 0 fully saturated rings. The van der Waals surface area contributed by atoms with E-state index in [2.05, 4.69) is 30.9 Å². The molecule has 0 saturated heterocycles. The summed E-state index contributed by atoms with van der Waals surface area (Å²) in [5, 5.41) is 8.88. The van der Waals surface area contributed by atoms with E-state index in [9.17, 15) is 0 Å². The largest absolute Gasteiger partial charge is 0.500 e. The molecule has 0 unspecified atom stereocenters. The zero-order chi connectivity index (χ0) is 19.3. The molecule has 0 saturated carbocycles. The normalized spacial score (nSPS) is 11.4. The van der Waals surface area contributed by atoms with E-state index in [4.69, 9.17) is 24.7 Å².